The second kappa shape index (κ2) is 15.4. The van der Waals surface area contributed by atoms with Crippen molar-refractivity contribution >= 4 is 49.9 Å². The lowest BCUT2D eigenvalue weighted by molar-refractivity contribution is -0.116. The minimum Gasteiger partial charge on any atom is -0.497 e. The van der Waals surface area contributed by atoms with E-state index in [1.807, 2.05) is 53.4 Å². The number of amides is 2. The SMILES string of the molecule is CCN(Cc1cc(C(=O)NCCCCCN(C(C)=O)c2ccc3cc(OC)ccc3c2)cc(Br)c1N)C1CCCCC1. The van der Waals surface area contributed by atoms with Gasteiger partial charge in [-0.1, -0.05) is 38.3 Å². The number of hydrogen-bond donors (Lipinski definition) is 2. The molecular weight excluding hydrogens is 592 g/mol. The van der Waals surface area contributed by atoms with Crippen molar-refractivity contribution in [1.82, 2.24) is 10.2 Å². The van der Waals surface area contributed by atoms with Gasteiger partial charge in [0.25, 0.3) is 5.91 Å². The predicted molar refractivity (Wildman–Crippen MR) is 176 cm³/mol. The minimum atomic E-state index is -0.0872. The normalized spacial score (nSPS) is 13.8. The lowest BCUT2D eigenvalue weighted by atomic mass is 9.93. The molecule has 1 fully saturated rings. The Morgan fingerprint density at radius 3 is 2.45 bits per heavy atom. The number of benzene rings is 3. The number of rotatable bonds is 13. The quantitative estimate of drug-likeness (QED) is 0.152. The van der Waals surface area contributed by atoms with Gasteiger partial charge in [0, 0.05) is 48.3 Å². The number of methoxy groups -OCH3 is 1. The Labute approximate surface area is 258 Å². The maximum absolute atomic E-state index is 13.0. The van der Waals surface area contributed by atoms with E-state index in [1.165, 1.54) is 32.1 Å². The smallest absolute Gasteiger partial charge is 0.251 e. The molecule has 0 unspecified atom stereocenters. The van der Waals surface area contributed by atoms with Gasteiger partial charge < -0.3 is 20.7 Å². The fraction of sp³-hybridized carbons (Fsp3) is 0.471. The maximum Gasteiger partial charge on any atom is 0.251 e. The number of nitrogens with one attached hydrogen (secondary N) is 1. The summed E-state index contributed by atoms with van der Waals surface area (Å²) in [5.41, 5.74) is 9.66. The lowest BCUT2D eigenvalue weighted by Gasteiger charge is -2.34. The van der Waals surface area contributed by atoms with Gasteiger partial charge in [0.05, 0.1) is 12.8 Å². The summed E-state index contributed by atoms with van der Waals surface area (Å²) in [7, 11) is 1.66. The molecule has 0 saturated heterocycles. The molecule has 0 aliphatic heterocycles. The molecule has 3 aromatic rings. The van der Waals surface area contributed by atoms with Gasteiger partial charge in [-0.3, -0.25) is 14.5 Å². The van der Waals surface area contributed by atoms with Crippen LogP contribution in [0.2, 0.25) is 0 Å². The standard InChI is InChI=1S/C34H45BrN4O3/c1-4-38(29-11-7-5-8-12-29)23-28-19-27(22-32(35)33(28)36)34(41)37-17-9-6-10-18-39(24(2)40)30-15-13-26-21-31(42-3)16-14-25(26)20-30/h13-16,19-22,29H,4-12,17-18,23,36H2,1-3H3,(H,37,41). The number of hydrogen-bond acceptors (Lipinski definition) is 5. The van der Waals surface area contributed by atoms with Crippen LogP contribution in [0.4, 0.5) is 11.4 Å². The molecule has 1 aliphatic rings. The van der Waals surface area contributed by atoms with Crippen molar-refractivity contribution in [3.8, 4) is 5.75 Å². The first-order valence-electron chi connectivity index (χ1n) is 15.3. The van der Waals surface area contributed by atoms with Gasteiger partial charge in [0.1, 0.15) is 5.75 Å². The summed E-state index contributed by atoms with van der Waals surface area (Å²) in [6.45, 7) is 6.74. The Hall–Kier alpha value is -3.10. The molecule has 0 aromatic heterocycles. The molecule has 0 radical (unpaired) electrons. The largest absolute Gasteiger partial charge is 0.497 e. The first-order valence-corrected chi connectivity index (χ1v) is 16.1. The van der Waals surface area contributed by atoms with Crippen LogP contribution in [0.25, 0.3) is 10.8 Å². The number of nitrogen functional groups attached to an aromatic ring is 1. The van der Waals surface area contributed by atoms with E-state index in [0.717, 1.165) is 64.6 Å². The van der Waals surface area contributed by atoms with E-state index >= 15 is 0 Å². The molecule has 1 saturated carbocycles. The molecule has 1 aliphatic carbocycles. The molecule has 0 heterocycles. The number of nitrogens with two attached hydrogens (primary N) is 1. The van der Waals surface area contributed by atoms with Gasteiger partial charge in [-0.25, -0.2) is 0 Å². The van der Waals surface area contributed by atoms with Crippen LogP contribution in [0.15, 0.2) is 53.0 Å². The van der Waals surface area contributed by atoms with E-state index in [2.05, 4.69) is 33.1 Å². The highest BCUT2D eigenvalue weighted by Gasteiger charge is 2.22. The molecular formula is C34H45BrN4O3. The van der Waals surface area contributed by atoms with Crippen molar-refractivity contribution in [1.29, 1.82) is 0 Å². The zero-order valence-electron chi connectivity index (χ0n) is 25.3. The summed E-state index contributed by atoms with van der Waals surface area (Å²) in [5.74, 6) is 0.745. The van der Waals surface area contributed by atoms with E-state index < -0.39 is 0 Å². The van der Waals surface area contributed by atoms with Crippen LogP contribution in [-0.4, -0.2) is 49.5 Å². The maximum atomic E-state index is 13.0. The monoisotopic (exact) mass is 636 g/mol. The van der Waals surface area contributed by atoms with Crippen molar-refractivity contribution in [3.05, 3.63) is 64.1 Å². The summed E-state index contributed by atoms with van der Waals surface area (Å²) in [5, 5.41) is 5.21. The van der Waals surface area contributed by atoms with E-state index in [4.69, 9.17) is 10.5 Å². The summed E-state index contributed by atoms with van der Waals surface area (Å²) in [6, 6.07) is 16.3. The summed E-state index contributed by atoms with van der Waals surface area (Å²) >= 11 is 3.58. The van der Waals surface area contributed by atoms with E-state index in [-0.39, 0.29) is 11.8 Å². The molecule has 3 aromatic carbocycles. The van der Waals surface area contributed by atoms with Crippen LogP contribution in [0.5, 0.6) is 5.75 Å². The molecule has 0 bridgehead atoms. The van der Waals surface area contributed by atoms with E-state index in [1.54, 1.807) is 14.0 Å². The first-order chi connectivity index (χ1) is 20.3. The Bertz CT molecular complexity index is 1370. The lowest BCUT2D eigenvalue weighted by Crippen LogP contribution is -2.36. The van der Waals surface area contributed by atoms with Crippen molar-refractivity contribution in [2.45, 2.75) is 77.8 Å². The summed E-state index contributed by atoms with van der Waals surface area (Å²) in [6.07, 6.45) is 8.95. The summed E-state index contributed by atoms with van der Waals surface area (Å²) < 4.78 is 6.08. The summed E-state index contributed by atoms with van der Waals surface area (Å²) in [4.78, 5) is 29.8. The molecule has 8 heteroatoms. The molecule has 0 spiro atoms. The number of nitrogens with zero attached hydrogens (tertiary/aromatic N) is 2. The fourth-order valence-corrected chi connectivity index (χ4v) is 6.45. The van der Waals surface area contributed by atoms with Crippen molar-refractivity contribution in [3.63, 3.8) is 0 Å². The fourth-order valence-electron chi connectivity index (χ4n) is 5.95. The molecule has 7 nitrogen and oxygen atoms in total. The van der Waals surface area contributed by atoms with Crippen LogP contribution in [0.3, 0.4) is 0 Å². The highest BCUT2D eigenvalue weighted by Crippen LogP contribution is 2.30. The third-order valence-electron chi connectivity index (χ3n) is 8.41. The van der Waals surface area contributed by atoms with Crippen LogP contribution in [0.1, 0.15) is 81.1 Å². The number of halogens is 1. The molecule has 2 amide bonds. The Balaban J connectivity index is 1.27. The topological polar surface area (TPSA) is 87.9 Å². The third kappa shape index (κ3) is 8.26. The van der Waals surface area contributed by atoms with Crippen LogP contribution in [0, 0.1) is 0 Å². The number of unbranched alkanes of at least 4 members (excludes halogenated alkanes) is 2. The molecule has 42 heavy (non-hydrogen) atoms. The highest BCUT2D eigenvalue weighted by atomic mass is 79.9. The van der Waals surface area contributed by atoms with Gasteiger partial charge in [-0.05, 0) is 107 Å². The Morgan fingerprint density at radius 1 is 1.00 bits per heavy atom. The molecule has 226 valence electrons. The highest BCUT2D eigenvalue weighted by molar-refractivity contribution is 9.10. The van der Waals surface area contributed by atoms with Crippen molar-refractivity contribution in [2.75, 3.05) is 37.4 Å². The molecule has 0 atom stereocenters. The van der Waals surface area contributed by atoms with Crippen molar-refractivity contribution < 1.29 is 14.3 Å². The first kappa shape index (κ1) is 31.8. The van der Waals surface area contributed by atoms with Gasteiger partial charge in [0.2, 0.25) is 5.91 Å². The van der Waals surface area contributed by atoms with Gasteiger partial charge in [-0.15, -0.1) is 0 Å². The zero-order chi connectivity index (χ0) is 30.1. The Morgan fingerprint density at radius 2 is 1.74 bits per heavy atom. The predicted octanol–water partition coefficient (Wildman–Crippen LogP) is 7.30. The van der Waals surface area contributed by atoms with Gasteiger partial charge in [-0.2, -0.15) is 0 Å². The van der Waals surface area contributed by atoms with E-state index in [9.17, 15) is 9.59 Å². The zero-order valence-corrected chi connectivity index (χ0v) is 26.8. The van der Waals surface area contributed by atoms with E-state index in [0.29, 0.717) is 30.4 Å². The number of fused-ring (bicyclic) bond motifs is 1. The number of carbonyl (C=O) groups is 2. The Kier molecular flexibility index (Phi) is 11.7. The number of carbonyl (C=O) groups excluding carboxylic acids is 2. The van der Waals surface area contributed by atoms with Gasteiger partial charge in [0.15, 0.2) is 0 Å². The van der Waals surface area contributed by atoms with Crippen LogP contribution >= 0.6 is 15.9 Å². The third-order valence-corrected chi connectivity index (χ3v) is 9.07. The molecule has 4 rings (SSSR count). The second-order valence-electron chi connectivity index (χ2n) is 11.3. The number of ether oxygens (including phenoxy) is 1. The van der Waals surface area contributed by atoms with Crippen molar-refractivity contribution in [2.24, 2.45) is 0 Å². The average molecular weight is 638 g/mol. The van der Waals surface area contributed by atoms with Crippen LogP contribution < -0.4 is 20.7 Å². The number of anilines is 2. The average Bonchev–Trinajstić information content (AvgIpc) is 3.00. The van der Waals surface area contributed by atoms with Gasteiger partial charge >= 0.3 is 0 Å². The molecule has 3 N–H and O–H groups in total. The minimum absolute atomic E-state index is 0.0195. The van der Waals surface area contributed by atoms with Crippen LogP contribution in [-0.2, 0) is 11.3 Å². The second-order valence-corrected chi connectivity index (χ2v) is 12.1.